The minimum atomic E-state index is -0.0190. The zero-order valence-corrected chi connectivity index (χ0v) is 16.3. The van der Waals surface area contributed by atoms with Gasteiger partial charge in [-0.3, -0.25) is 4.90 Å². The van der Waals surface area contributed by atoms with Crippen molar-refractivity contribution in [1.29, 1.82) is 0 Å². The number of halogens is 1. The van der Waals surface area contributed by atoms with Crippen LogP contribution in [-0.2, 0) is 10.2 Å². The fourth-order valence-electron chi connectivity index (χ4n) is 2.91. The molecule has 2 aromatic rings. The summed E-state index contributed by atoms with van der Waals surface area (Å²) < 4.78 is 13.1. The van der Waals surface area contributed by atoms with E-state index in [0.717, 1.165) is 29.2 Å². The minimum Gasteiger partial charge on any atom is -0.443 e. The predicted molar refractivity (Wildman–Crippen MR) is 98.0 cm³/mol. The summed E-state index contributed by atoms with van der Waals surface area (Å²) >= 11 is 3.54. The van der Waals surface area contributed by atoms with Gasteiger partial charge in [0.1, 0.15) is 5.76 Å². The van der Waals surface area contributed by atoms with E-state index in [1.165, 1.54) is 5.56 Å². The Balaban J connectivity index is 1.73. The Kier molecular flexibility index (Phi) is 5.13. The molecule has 0 amide bonds. The van der Waals surface area contributed by atoms with Gasteiger partial charge in [0.25, 0.3) is 0 Å². The van der Waals surface area contributed by atoms with Gasteiger partial charge >= 0.3 is 0 Å². The number of hydrogen-bond acceptors (Lipinski definition) is 4. The van der Waals surface area contributed by atoms with E-state index in [9.17, 15) is 0 Å². The highest BCUT2D eigenvalue weighted by atomic mass is 79.9. The van der Waals surface area contributed by atoms with Crippen molar-refractivity contribution in [2.75, 3.05) is 19.7 Å². The van der Waals surface area contributed by atoms with E-state index in [2.05, 4.69) is 71.7 Å². The van der Waals surface area contributed by atoms with Gasteiger partial charge in [-0.1, -0.05) is 48.8 Å². The molecule has 0 unspecified atom stereocenters. The standard InChI is InChI=1S/C19H25BrN2O2/c1-13(18-21-11-17(24-18)19(2,3)4)22-8-9-23-16(12-22)14-6-5-7-15(20)10-14/h5-7,10-11,13,16H,8-9,12H2,1-4H3/t13-,16-/m0/s1. The molecule has 4 nitrogen and oxygen atoms in total. The molecule has 1 aromatic carbocycles. The van der Waals surface area contributed by atoms with E-state index in [-0.39, 0.29) is 17.6 Å². The van der Waals surface area contributed by atoms with Gasteiger partial charge in [0.05, 0.1) is 24.9 Å². The molecule has 0 bridgehead atoms. The zero-order valence-electron chi connectivity index (χ0n) is 14.8. The average Bonchev–Trinajstić information content (AvgIpc) is 3.04. The molecular formula is C19H25BrN2O2. The van der Waals surface area contributed by atoms with Gasteiger partial charge in [-0.25, -0.2) is 4.98 Å². The van der Waals surface area contributed by atoms with Gasteiger partial charge in [-0.15, -0.1) is 0 Å². The van der Waals surface area contributed by atoms with Crippen molar-refractivity contribution in [3.63, 3.8) is 0 Å². The van der Waals surface area contributed by atoms with Crippen LogP contribution in [0.3, 0.4) is 0 Å². The van der Waals surface area contributed by atoms with Crippen molar-refractivity contribution in [3.05, 3.63) is 52.1 Å². The monoisotopic (exact) mass is 392 g/mol. The number of oxazole rings is 1. The Hall–Kier alpha value is -1.17. The highest BCUT2D eigenvalue weighted by molar-refractivity contribution is 9.10. The van der Waals surface area contributed by atoms with Crippen LogP contribution in [0.2, 0.25) is 0 Å². The fourth-order valence-corrected chi connectivity index (χ4v) is 3.33. The highest BCUT2D eigenvalue weighted by Crippen LogP contribution is 2.31. The highest BCUT2D eigenvalue weighted by Gasteiger charge is 2.29. The SMILES string of the molecule is C[C@@H](c1ncc(C(C)(C)C)o1)N1CCO[C@H](c2cccc(Br)c2)C1. The largest absolute Gasteiger partial charge is 0.443 e. The van der Waals surface area contributed by atoms with Crippen molar-refractivity contribution in [1.82, 2.24) is 9.88 Å². The zero-order chi connectivity index (χ0) is 17.3. The van der Waals surface area contributed by atoms with Gasteiger partial charge < -0.3 is 9.15 Å². The molecule has 0 spiro atoms. The maximum atomic E-state index is 6.02. The van der Waals surface area contributed by atoms with Crippen LogP contribution < -0.4 is 0 Å². The Morgan fingerprint density at radius 2 is 2.12 bits per heavy atom. The second-order valence-corrected chi connectivity index (χ2v) is 8.31. The smallest absolute Gasteiger partial charge is 0.211 e. The maximum absolute atomic E-state index is 6.02. The number of aromatic nitrogens is 1. The molecule has 1 saturated heterocycles. The van der Waals surface area contributed by atoms with E-state index in [4.69, 9.17) is 9.15 Å². The van der Waals surface area contributed by atoms with Crippen LogP contribution in [-0.4, -0.2) is 29.6 Å². The molecule has 5 heteroatoms. The number of morpholine rings is 1. The molecule has 130 valence electrons. The van der Waals surface area contributed by atoms with Crippen LogP contribution in [0.1, 0.15) is 57.1 Å². The Bertz CT molecular complexity index is 693. The van der Waals surface area contributed by atoms with Crippen LogP contribution in [0, 0.1) is 0 Å². The number of ether oxygens (including phenoxy) is 1. The third kappa shape index (κ3) is 3.90. The molecule has 3 rings (SSSR count). The van der Waals surface area contributed by atoms with E-state index >= 15 is 0 Å². The number of benzene rings is 1. The average molecular weight is 393 g/mol. The molecule has 0 radical (unpaired) electrons. The molecule has 1 fully saturated rings. The summed E-state index contributed by atoms with van der Waals surface area (Å²) in [5.74, 6) is 1.72. The van der Waals surface area contributed by atoms with Gasteiger partial charge in [0.2, 0.25) is 5.89 Å². The van der Waals surface area contributed by atoms with Gasteiger partial charge in [-0.05, 0) is 24.6 Å². The summed E-state index contributed by atoms with van der Waals surface area (Å²) in [7, 11) is 0. The second kappa shape index (κ2) is 6.98. The molecule has 0 N–H and O–H groups in total. The molecule has 1 aliphatic rings. The first-order chi connectivity index (χ1) is 11.3. The molecule has 2 heterocycles. The first kappa shape index (κ1) is 17.6. The van der Waals surface area contributed by atoms with E-state index in [0.29, 0.717) is 6.61 Å². The van der Waals surface area contributed by atoms with E-state index in [1.807, 2.05) is 12.3 Å². The van der Waals surface area contributed by atoms with Crippen LogP contribution in [0.15, 0.2) is 39.4 Å². The van der Waals surface area contributed by atoms with Gasteiger partial charge in [-0.2, -0.15) is 0 Å². The first-order valence-corrected chi connectivity index (χ1v) is 9.21. The number of nitrogens with zero attached hydrogens (tertiary/aromatic N) is 2. The lowest BCUT2D eigenvalue weighted by atomic mass is 9.94. The number of rotatable bonds is 3. The second-order valence-electron chi connectivity index (χ2n) is 7.40. The minimum absolute atomic E-state index is 0.0190. The lowest BCUT2D eigenvalue weighted by Crippen LogP contribution is -2.40. The van der Waals surface area contributed by atoms with E-state index in [1.54, 1.807) is 0 Å². The molecule has 2 atom stereocenters. The van der Waals surface area contributed by atoms with Crippen molar-refractivity contribution in [2.24, 2.45) is 0 Å². The Morgan fingerprint density at radius 1 is 1.33 bits per heavy atom. The molecule has 24 heavy (non-hydrogen) atoms. The lowest BCUT2D eigenvalue weighted by Gasteiger charge is -2.35. The molecular weight excluding hydrogens is 368 g/mol. The summed E-state index contributed by atoms with van der Waals surface area (Å²) in [5.41, 5.74) is 1.18. The normalized spacial score (nSPS) is 21.0. The van der Waals surface area contributed by atoms with Crippen molar-refractivity contribution in [2.45, 2.75) is 45.3 Å². The van der Waals surface area contributed by atoms with Crippen LogP contribution in [0.5, 0.6) is 0 Å². The third-order valence-electron chi connectivity index (χ3n) is 4.49. The summed E-state index contributed by atoms with van der Waals surface area (Å²) in [5, 5.41) is 0. The Labute approximate surface area is 152 Å². The van der Waals surface area contributed by atoms with Gasteiger partial charge in [0, 0.05) is 23.0 Å². The van der Waals surface area contributed by atoms with Crippen molar-refractivity contribution >= 4 is 15.9 Å². The molecule has 0 aliphatic carbocycles. The summed E-state index contributed by atoms with van der Waals surface area (Å²) in [6.07, 6.45) is 1.94. The maximum Gasteiger partial charge on any atom is 0.211 e. The predicted octanol–water partition coefficient (Wildman–Crippen LogP) is 4.87. The quantitative estimate of drug-likeness (QED) is 0.746. The van der Waals surface area contributed by atoms with Crippen LogP contribution >= 0.6 is 15.9 Å². The topological polar surface area (TPSA) is 38.5 Å². The lowest BCUT2D eigenvalue weighted by molar-refractivity contribution is -0.0465. The van der Waals surface area contributed by atoms with Crippen molar-refractivity contribution in [3.8, 4) is 0 Å². The Morgan fingerprint density at radius 3 is 2.79 bits per heavy atom. The van der Waals surface area contributed by atoms with E-state index < -0.39 is 0 Å². The molecule has 0 saturated carbocycles. The van der Waals surface area contributed by atoms with Crippen LogP contribution in [0.4, 0.5) is 0 Å². The summed E-state index contributed by atoms with van der Waals surface area (Å²) in [6.45, 7) is 11.0. The fraction of sp³-hybridized carbons (Fsp3) is 0.526. The number of hydrogen-bond donors (Lipinski definition) is 0. The molecule has 1 aliphatic heterocycles. The summed E-state index contributed by atoms with van der Waals surface area (Å²) in [4.78, 5) is 6.90. The summed E-state index contributed by atoms with van der Waals surface area (Å²) in [6, 6.07) is 8.47. The van der Waals surface area contributed by atoms with Crippen LogP contribution in [0.25, 0.3) is 0 Å². The first-order valence-electron chi connectivity index (χ1n) is 8.42. The molecule has 1 aromatic heterocycles. The van der Waals surface area contributed by atoms with Gasteiger partial charge in [0.15, 0.2) is 0 Å². The third-order valence-corrected chi connectivity index (χ3v) is 4.98. The van der Waals surface area contributed by atoms with Crippen molar-refractivity contribution < 1.29 is 9.15 Å².